The van der Waals surface area contributed by atoms with Crippen LogP contribution in [0.1, 0.15) is 22.3 Å². The average molecular weight is 289 g/mol. The number of oxime groups is 1. The third-order valence-electron chi connectivity index (χ3n) is 3.22. The number of hydrogen-bond acceptors (Lipinski definition) is 4. The van der Waals surface area contributed by atoms with E-state index in [2.05, 4.69) is 33.9 Å². The zero-order chi connectivity index (χ0) is 14.5. The summed E-state index contributed by atoms with van der Waals surface area (Å²) in [6, 6.07) is 8.01. The van der Waals surface area contributed by atoms with Crippen LogP contribution in [0.2, 0.25) is 0 Å². The van der Waals surface area contributed by atoms with Gasteiger partial charge in [0.15, 0.2) is 5.84 Å². The zero-order valence-corrected chi connectivity index (χ0v) is 12.5. The largest absolute Gasteiger partial charge is 0.409 e. The van der Waals surface area contributed by atoms with Crippen molar-refractivity contribution in [1.82, 2.24) is 4.90 Å². The molecule has 0 amide bonds. The molecule has 2 aromatic rings. The van der Waals surface area contributed by atoms with Gasteiger partial charge in [-0.2, -0.15) is 11.3 Å². The van der Waals surface area contributed by atoms with E-state index in [-0.39, 0.29) is 5.84 Å². The molecule has 0 saturated heterocycles. The molecule has 3 N–H and O–H groups in total. The molecule has 1 heterocycles. The smallest absolute Gasteiger partial charge is 0.170 e. The SMILES string of the molecule is Cc1cc(/C(N)=N/O)ccc1CN(C)Cc1ccsc1. The quantitative estimate of drug-likeness (QED) is 0.385. The first-order chi connectivity index (χ1) is 9.60. The summed E-state index contributed by atoms with van der Waals surface area (Å²) >= 11 is 1.72. The van der Waals surface area contributed by atoms with Gasteiger partial charge in [-0.25, -0.2) is 0 Å². The van der Waals surface area contributed by atoms with Crippen LogP contribution >= 0.6 is 11.3 Å². The number of thiophene rings is 1. The molecule has 0 saturated carbocycles. The number of hydrogen-bond donors (Lipinski definition) is 2. The minimum Gasteiger partial charge on any atom is -0.409 e. The Kier molecular flexibility index (Phi) is 4.76. The van der Waals surface area contributed by atoms with Crippen molar-refractivity contribution in [1.29, 1.82) is 0 Å². The Morgan fingerprint density at radius 1 is 1.35 bits per heavy atom. The molecule has 0 fully saturated rings. The molecule has 1 aromatic heterocycles. The highest BCUT2D eigenvalue weighted by Gasteiger charge is 2.07. The van der Waals surface area contributed by atoms with Crippen molar-refractivity contribution in [3.8, 4) is 0 Å². The molecule has 0 radical (unpaired) electrons. The van der Waals surface area contributed by atoms with Gasteiger partial charge in [0.1, 0.15) is 0 Å². The highest BCUT2D eigenvalue weighted by atomic mass is 32.1. The summed E-state index contributed by atoms with van der Waals surface area (Å²) in [7, 11) is 2.11. The predicted octanol–water partition coefficient (Wildman–Crippen LogP) is 2.78. The van der Waals surface area contributed by atoms with Crippen molar-refractivity contribution in [2.75, 3.05) is 7.05 Å². The van der Waals surface area contributed by atoms with Crippen LogP contribution in [0.15, 0.2) is 40.2 Å². The molecule has 1 aromatic carbocycles. The Balaban J connectivity index is 2.06. The normalized spacial score (nSPS) is 12.1. The lowest BCUT2D eigenvalue weighted by atomic mass is 10.0. The molecule has 0 aliphatic rings. The molecule has 0 bridgehead atoms. The first kappa shape index (κ1) is 14.6. The topological polar surface area (TPSA) is 61.9 Å². The fourth-order valence-electron chi connectivity index (χ4n) is 2.13. The fraction of sp³-hybridized carbons (Fsp3) is 0.267. The van der Waals surface area contributed by atoms with Crippen LogP contribution in [0.25, 0.3) is 0 Å². The molecule has 4 nitrogen and oxygen atoms in total. The van der Waals surface area contributed by atoms with E-state index in [4.69, 9.17) is 10.9 Å². The third kappa shape index (κ3) is 3.59. The van der Waals surface area contributed by atoms with Crippen LogP contribution < -0.4 is 5.73 Å². The Labute approximate surface area is 123 Å². The molecule has 0 aliphatic carbocycles. The van der Waals surface area contributed by atoms with Crippen molar-refractivity contribution in [2.24, 2.45) is 10.9 Å². The zero-order valence-electron chi connectivity index (χ0n) is 11.7. The van der Waals surface area contributed by atoms with Gasteiger partial charge in [-0.15, -0.1) is 0 Å². The average Bonchev–Trinajstić information content (AvgIpc) is 2.93. The Hall–Kier alpha value is -1.85. The molecule has 0 atom stereocenters. The van der Waals surface area contributed by atoms with Crippen molar-refractivity contribution in [2.45, 2.75) is 20.0 Å². The van der Waals surface area contributed by atoms with E-state index in [1.165, 1.54) is 11.1 Å². The van der Waals surface area contributed by atoms with Crippen molar-refractivity contribution >= 4 is 17.2 Å². The van der Waals surface area contributed by atoms with Crippen molar-refractivity contribution < 1.29 is 5.21 Å². The molecular formula is C15H19N3OS. The fourth-order valence-corrected chi connectivity index (χ4v) is 2.79. The van der Waals surface area contributed by atoms with Crippen LogP contribution in [0.3, 0.4) is 0 Å². The first-order valence-corrected chi connectivity index (χ1v) is 7.31. The van der Waals surface area contributed by atoms with Crippen LogP contribution in [-0.2, 0) is 13.1 Å². The molecule has 0 unspecified atom stereocenters. The number of benzene rings is 1. The molecule has 0 aliphatic heterocycles. The molecule has 2 rings (SSSR count). The summed E-state index contributed by atoms with van der Waals surface area (Å²) in [4.78, 5) is 2.27. The van der Waals surface area contributed by atoms with E-state index in [0.717, 1.165) is 24.2 Å². The lowest BCUT2D eigenvalue weighted by Gasteiger charge is -2.18. The standard InChI is InChI=1S/C15H19N3OS/c1-11-7-13(15(16)17-19)3-4-14(11)9-18(2)8-12-5-6-20-10-12/h3-7,10,19H,8-9H2,1-2H3,(H2,16,17). The maximum atomic E-state index is 8.69. The monoisotopic (exact) mass is 289 g/mol. The van der Waals surface area contributed by atoms with Crippen molar-refractivity contribution in [3.63, 3.8) is 0 Å². The summed E-state index contributed by atoms with van der Waals surface area (Å²) in [5, 5.41) is 16.0. The number of amidine groups is 1. The van der Waals surface area contributed by atoms with Crippen LogP contribution in [0.4, 0.5) is 0 Å². The third-order valence-corrected chi connectivity index (χ3v) is 3.95. The number of nitrogens with zero attached hydrogens (tertiary/aromatic N) is 2. The van der Waals surface area contributed by atoms with Gasteiger partial charge in [-0.1, -0.05) is 17.3 Å². The second kappa shape index (κ2) is 6.54. The number of rotatable bonds is 5. The Morgan fingerprint density at radius 3 is 2.75 bits per heavy atom. The van der Waals surface area contributed by atoms with Crippen molar-refractivity contribution in [3.05, 3.63) is 57.3 Å². The van der Waals surface area contributed by atoms with Gasteiger partial charge < -0.3 is 10.9 Å². The predicted molar refractivity (Wildman–Crippen MR) is 83.2 cm³/mol. The highest BCUT2D eigenvalue weighted by molar-refractivity contribution is 7.07. The molecular weight excluding hydrogens is 270 g/mol. The second-order valence-corrected chi connectivity index (χ2v) is 5.71. The summed E-state index contributed by atoms with van der Waals surface area (Å²) in [5.74, 6) is 0.145. The first-order valence-electron chi connectivity index (χ1n) is 6.37. The van der Waals surface area contributed by atoms with E-state index < -0.39 is 0 Å². The summed E-state index contributed by atoms with van der Waals surface area (Å²) < 4.78 is 0. The minimum atomic E-state index is 0.145. The van der Waals surface area contributed by atoms with Gasteiger partial charge in [0.2, 0.25) is 0 Å². The Bertz CT molecular complexity index is 593. The Morgan fingerprint density at radius 2 is 2.15 bits per heavy atom. The number of aryl methyl sites for hydroxylation is 1. The lowest BCUT2D eigenvalue weighted by Crippen LogP contribution is -2.18. The van der Waals surface area contributed by atoms with Gasteiger partial charge in [-0.3, -0.25) is 4.90 Å². The summed E-state index contributed by atoms with van der Waals surface area (Å²) in [6.07, 6.45) is 0. The summed E-state index contributed by atoms with van der Waals surface area (Å²) in [5.41, 5.74) is 10.1. The van der Waals surface area contributed by atoms with E-state index in [9.17, 15) is 0 Å². The molecule has 5 heteroatoms. The van der Waals surface area contributed by atoms with E-state index >= 15 is 0 Å². The van der Waals surface area contributed by atoms with Gasteiger partial charge in [0.25, 0.3) is 0 Å². The van der Waals surface area contributed by atoms with Gasteiger partial charge in [-0.05, 0) is 53.6 Å². The van der Waals surface area contributed by atoms with Crippen LogP contribution in [0, 0.1) is 6.92 Å². The maximum Gasteiger partial charge on any atom is 0.170 e. The lowest BCUT2D eigenvalue weighted by molar-refractivity contribution is 0.318. The second-order valence-electron chi connectivity index (χ2n) is 4.93. The van der Waals surface area contributed by atoms with Crippen LogP contribution in [-0.4, -0.2) is 23.0 Å². The molecule has 106 valence electrons. The van der Waals surface area contributed by atoms with Gasteiger partial charge in [0.05, 0.1) is 0 Å². The number of nitrogens with two attached hydrogens (primary N) is 1. The minimum absolute atomic E-state index is 0.145. The van der Waals surface area contributed by atoms with E-state index in [0.29, 0.717) is 0 Å². The van der Waals surface area contributed by atoms with Crippen LogP contribution in [0.5, 0.6) is 0 Å². The maximum absolute atomic E-state index is 8.69. The van der Waals surface area contributed by atoms with Gasteiger partial charge in [0, 0.05) is 18.7 Å². The van der Waals surface area contributed by atoms with E-state index in [1.807, 2.05) is 25.1 Å². The molecule has 0 spiro atoms. The summed E-state index contributed by atoms with van der Waals surface area (Å²) in [6.45, 7) is 3.85. The highest BCUT2D eigenvalue weighted by Crippen LogP contribution is 2.15. The van der Waals surface area contributed by atoms with E-state index in [1.54, 1.807) is 11.3 Å². The molecule has 20 heavy (non-hydrogen) atoms. The van der Waals surface area contributed by atoms with Gasteiger partial charge >= 0.3 is 0 Å².